The Labute approximate surface area is 76.5 Å². The zero-order valence-corrected chi connectivity index (χ0v) is 8.94. The van der Waals surface area contributed by atoms with E-state index in [-0.39, 0.29) is 0 Å². The summed E-state index contributed by atoms with van der Waals surface area (Å²) in [5.41, 5.74) is 0.862. The molecule has 0 aromatic rings. The lowest BCUT2D eigenvalue weighted by Gasteiger charge is -2.41. The number of hydrogen-bond acceptors (Lipinski definition) is 1. The van der Waals surface area contributed by atoms with E-state index in [1.165, 1.54) is 25.7 Å². The zero-order valence-electron chi connectivity index (χ0n) is 8.94. The molecule has 1 rings (SSSR count). The van der Waals surface area contributed by atoms with Gasteiger partial charge in [0.25, 0.3) is 0 Å². The summed E-state index contributed by atoms with van der Waals surface area (Å²) < 4.78 is 5.36. The van der Waals surface area contributed by atoms with Crippen LogP contribution >= 0.6 is 0 Å². The van der Waals surface area contributed by atoms with Crippen LogP contribution in [0.15, 0.2) is 0 Å². The lowest BCUT2D eigenvalue weighted by molar-refractivity contribution is -0.00130. The Morgan fingerprint density at radius 2 is 1.67 bits per heavy atom. The summed E-state index contributed by atoms with van der Waals surface area (Å²) in [7, 11) is 1.83. The van der Waals surface area contributed by atoms with Gasteiger partial charge in [0, 0.05) is 7.11 Å². The van der Waals surface area contributed by atoms with Gasteiger partial charge in [0.1, 0.15) is 0 Å². The third-order valence-electron chi connectivity index (χ3n) is 3.57. The molecule has 0 heterocycles. The van der Waals surface area contributed by atoms with E-state index in [9.17, 15) is 0 Å². The summed E-state index contributed by atoms with van der Waals surface area (Å²) >= 11 is 0. The van der Waals surface area contributed by atoms with Crippen molar-refractivity contribution in [3.8, 4) is 0 Å². The highest BCUT2D eigenvalue weighted by Gasteiger charge is 2.43. The maximum Gasteiger partial charge on any atom is 0.0523 e. The van der Waals surface area contributed by atoms with Crippen LogP contribution in [-0.2, 0) is 4.74 Å². The second kappa shape index (κ2) is 3.37. The van der Waals surface area contributed by atoms with Crippen LogP contribution in [0.25, 0.3) is 0 Å². The van der Waals surface area contributed by atoms with Gasteiger partial charge in [0.15, 0.2) is 0 Å². The van der Waals surface area contributed by atoms with Gasteiger partial charge in [-0.05, 0) is 23.7 Å². The van der Waals surface area contributed by atoms with Gasteiger partial charge in [0.2, 0.25) is 0 Å². The summed E-state index contributed by atoms with van der Waals surface area (Å²) in [6.45, 7) is 7.97. The Bertz CT molecular complexity index is 138. The van der Waals surface area contributed by atoms with E-state index in [1.54, 1.807) is 0 Å². The topological polar surface area (TPSA) is 9.23 Å². The van der Waals surface area contributed by atoms with Crippen LogP contribution in [-0.4, -0.2) is 13.7 Å². The van der Waals surface area contributed by atoms with E-state index in [0.29, 0.717) is 10.8 Å². The number of rotatable bonds is 2. The van der Waals surface area contributed by atoms with Crippen LogP contribution in [0.1, 0.15) is 46.5 Å². The van der Waals surface area contributed by atoms with Crippen molar-refractivity contribution in [2.45, 2.75) is 46.5 Å². The lowest BCUT2D eigenvalue weighted by Crippen LogP contribution is -2.37. The van der Waals surface area contributed by atoms with E-state index < -0.39 is 0 Å². The first-order chi connectivity index (χ1) is 5.52. The number of methoxy groups -OCH3 is 1. The Balaban J connectivity index is 2.72. The van der Waals surface area contributed by atoms with Gasteiger partial charge in [-0.2, -0.15) is 0 Å². The Hall–Kier alpha value is -0.0400. The molecule has 1 aliphatic carbocycles. The number of ether oxygens (including phenoxy) is 1. The summed E-state index contributed by atoms with van der Waals surface area (Å²) in [4.78, 5) is 0. The average molecular weight is 170 g/mol. The quantitative estimate of drug-likeness (QED) is 0.618. The minimum Gasteiger partial charge on any atom is -0.384 e. The van der Waals surface area contributed by atoms with Crippen LogP contribution in [0.2, 0.25) is 0 Å². The molecule has 12 heavy (non-hydrogen) atoms. The molecule has 1 fully saturated rings. The van der Waals surface area contributed by atoms with Gasteiger partial charge < -0.3 is 4.74 Å². The highest BCUT2D eigenvalue weighted by Crippen LogP contribution is 2.50. The Morgan fingerprint density at radius 3 is 2.00 bits per heavy atom. The highest BCUT2D eigenvalue weighted by atomic mass is 16.5. The van der Waals surface area contributed by atoms with Gasteiger partial charge in [-0.15, -0.1) is 0 Å². The molecule has 1 aliphatic rings. The van der Waals surface area contributed by atoms with Gasteiger partial charge in [0.05, 0.1) is 6.61 Å². The molecule has 72 valence electrons. The second-order valence-electron chi connectivity index (χ2n) is 5.17. The molecule has 1 heteroatoms. The van der Waals surface area contributed by atoms with Crippen molar-refractivity contribution in [2.24, 2.45) is 10.8 Å². The van der Waals surface area contributed by atoms with Crippen LogP contribution in [0, 0.1) is 10.8 Å². The summed E-state index contributed by atoms with van der Waals surface area (Å²) in [6.07, 6.45) is 5.48. The molecule has 0 saturated heterocycles. The van der Waals surface area contributed by atoms with Crippen LogP contribution < -0.4 is 0 Å². The predicted molar refractivity (Wildman–Crippen MR) is 52.2 cm³/mol. The fraction of sp³-hybridized carbons (Fsp3) is 1.00. The second-order valence-corrected chi connectivity index (χ2v) is 5.17. The van der Waals surface area contributed by atoms with Crippen molar-refractivity contribution in [3.63, 3.8) is 0 Å². The first kappa shape index (κ1) is 10.0. The number of hydrogen-bond donors (Lipinski definition) is 0. The standard InChI is InChI=1S/C11H22O/c1-10(2,3)11(9-12-4)7-5-6-8-11/h5-9H2,1-4H3. The molecule has 0 spiro atoms. The molecule has 0 aliphatic heterocycles. The third kappa shape index (κ3) is 1.66. The third-order valence-corrected chi connectivity index (χ3v) is 3.57. The normalized spacial score (nSPS) is 23.0. The largest absolute Gasteiger partial charge is 0.384 e. The SMILES string of the molecule is COCC1(C(C)(C)C)CCCC1. The van der Waals surface area contributed by atoms with Crippen LogP contribution in [0.3, 0.4) is 0 Å². The summed E-state index contributed by atoms with van der Waals surface area (Å²) in [6, 6.07) is 0. The van der Waals surface area contributed by atoms with Crippen molar-refractivity contribution in [3.05, 3.63) is 0 Å². The van der Waals surface area contributed by atoms with E-state index >= 15 is 0 Å². The summed E-state index contributed by atoms with van der Waals surface area (Å²) in [5, 5.41) is 0. The zero-order chi connectivity index (χ0) is 9.24. The molecular formula is C11H22O. The van der Waals surface area contributed by atoms with Crippen molar-refractivity contribution in [2.75, 3.05) is 13.7 Å². The molecule has 0 aromatic heterocycles. The molecule has 0 aromatic carbocycles. The first-order valence-electron chi connectivity index (χ1n) is 5.01. The van der Waals surface area contributed by atoms with Gasteiger partial charge in [-0.25, -0.2) is 0 Å². The molecule has 1 nitrogen and oxygen atoms in total. The van der Waals surface area contributed by atoms with Crippen LogP contribution in [0.4, 0.5) is 0 Å². The Kier molecular flexibility index (Phi) is 2.82. The molecule has 1 saturated carbocycles. The fourth-order valence-electron chi connectivity index (χ4n) is 2.44. The van der Waals surface area contributed by atoms with E-state index in [0.717, 1.165) is 6.61 Å². The van der Waals surface area contributed by atoms with Gasteiger partial charge in [-0.3, -0.25) is 0 Å². The van der Waals surface area contributed by atoms with Gasteiger partial charge >= 0.3 is 0 Å². The smallest absolute Gasteiger partial charge is 0.0523 e. The maximum atomic E-state index is 5.36. The summed E-state index contributed by atoms with van der Waals surface area (Å²) in [5.74, 6) is 0. The van der Waals surface area contributed by atoms with Crippen molar-refractivity contribution >= 4 is 0 Å². The molecule has 0 atom stereocenters. The Morgan fingerprint density at radius 1 is 1.17 bits per heavy atom. The predicted octanol–water partition coefficient (Wildman–Crippen LogP) is 3.24. The average Bonchev–Trinajstić information content (AvgIpc) is 2.36. The monoisotopic (exact) mass is 170 g/mol. The minimum atomic E-state index is 0.402. The molecule has 0 radical (unpaired) electrons. The van der Waals surface area contributed by atoms with Crippen LogP contribution in [0.5, 0.6) is 0 Å². The van der Waals surface area contributed by atoms with Crippen molar-refractivity contribution < 1.29 is 4.74 Å². The molecule has 0 bridgehead atoms. The first-order valence-corrected chi connectivity index (χ1v) is 5.01. The van der Waals surface area contributed by atoms with Gasteiger partial charge in [-0.1, -0.05) is 33.6 Å². The molecule has 0 N–H and O–H groups in total. The molecule has 0 amide bonds. The lowest BCUT2D eigenvalue weighted by atomic mass is 9.66. The van der Waals surface area contributed by atoms with Crippen molar-refractivity contribution in [1.82, 2.24) is 0 Å². The van der Waals surface area contributed by atoms with Crippen molar-refractivity contribution in [1.29, 1.82) is 0 Å². The molecule has 0 unspecified atom stereocenters. The van der Waals surface area contributed by atoms with E-state index in [4.69, 9.17) is 4.74 Å². The molecular weight excluding hydrogens is 148 g/mol. The fourth-order valence-corrected chi connectivity index (χ4v) is 2.44. The van der Waals surface area contributed by atoms with E-state index in [2.05, 4.69) is 20.8 Å². The highest BCUT2D eigenvalue weighted by molar-refractivity contribution is 4.93. The maximum absolute atomic E-state index is 5.36. The minimum absolute atomic E-state index is 0.402. The van der Waals surface area contributed by atoms with E-state index in [1.807, 2.05) is 7.11 Å².